The van der Waals surface area contributed by atoms with Gasteiger partial charge in [-0.2, -0.15) is 8.42 Å². The van der Waals surface area contributed by atoms with Crippen LogP contribution in [-0.2, 0) is 28.1 Å². The topological polar surface area (TPSA) is 150 Å². The van der Waals surface area contributed by atoms with Gasteiger partial charge in [-0.3, -0.25) is 9.35 Å². The monoisotopic (exact) mass is 416 g/mol. The number of ether oxygens (including phenoxy) is 1. The molecule has 0 aliphatic carbocycles. The summed E-state index contributed by atoms with van der Waals surface area (Å²) in [6.45, 7) is 2.58. The number of amides is 1. The zero-order valence-electron chi connectivity index (χ0n) is 15.6. The highest BCUT2D eigenvalue weighted by molar-refractivity contribution is 7.85. The van der Waals surface area contributed by atoms with Crippen molar-refractivity contribution in [1.82, 2.24) is 5.32 Å². The Labute approximate surface area is 163 Å². The van der Waals surface area contributed by atoms with E-state index in [4.69, 9.17) is 15.0 Å². The van der Waals surface area contributed by atoms with Crippen molar-refractivity contribution < 1.29 is 32.4 Å². The third-order valence-corrected chi connectivity index (χ3v) is 3.26. The van der Waals surface area contributed by atoms with Crippen molar-refractivity contribution in [2.75, 3.05) is 6.26 Å². The highest BCUT2D eigenvalue weighted by atomic mass is 32.2. The van der Waals surface area contributed by atoms with Gasteiger partial charge < -0.3 is 21.3 Å². The summed E-state index contributed by atoms with van der Waals surface area (Å²) >= 11 is 0. The van der Waals surface area contributed by atoms with Gasteiger partial charge in [-0.25, -0.2) is 4.39 Å². The third-order valence-electron chi connectivity index (χ3n) is 3.26. The van der Waals surface area contributed by atoms with E-state index in [9.17, 15) is 17.6 Å². The zero-order valence-corrected chi connectivity index (χ0v) is 16.4. The van der Waals surface area contributed by atoms with Gasteiger partial charge in [0.1, 0.15) is 18.2 Å². The lowest BCUT2D eigenvalue weighted by Gasteiger charge is -2.11. The fourth-order valence-electron chi connectivity index (χ4n) is 1.87. The Hall–Kier alpha value is -2.53. The quantitative estimate of drug-likeness (QED) is 0.574. The first-order valence-corrected chi connectivity index (χ1v) is 9.81. The molecule has 0 aliphatic heterocycles. The summed E-state index contributed by atoms with van der Waals surface area (Å²) in [4.78, 5) is 10.9. The van der Waals surface area contributed by atoms with Crippen LogP contribution in [0.15, 0.2) is 48.5 Å². The Morgan fingerprint density at radius 2 is 1.79 bits per heavy atom. The highest BCUT2D eigenvalue weighted by Crippen LogP contribution is 2.14. The second-order valence-corrected chi connectivity index (χ2v) is 7.27. The lowest BCUT2D eigenvalue weighted by molar-refractivity contribution is -0.119. The molecule has 0 saturated heterocycles. The molecule has 0 radical (unpaired) electrons. The van der Waals surface area contributed by atoms with E-state index in [1.807, 2.05) is 30.3 Å². The van der Waals surface area contributed by atoms with Gasteiger partial charge in [0.05, 0.1) is 12.3 Å². The highest BCUT2D eigenvalue weighted by Gasteiger charge is 2.07. The van der Waals surface area contributed by atoms with Crippen LogP contribution in [0.25, 0.3) is 0 Å². The van der Waals surface area contributed by atoms with Crippen molar-refractivity contribution in [1.29, 1.82) is 0 Å². The fourth-order valence-corrected chi connectivity index (χ4v) is 1.87. The van der Waals surface area contributed by atoms with Crippen LogP contribution in [0.4, 0.5) is 4.39 Å². The number of hydrogen-bond acceptors (Lipinski definition) is 5. The molecule has 0 unspecified atom stereocenters. The molecule has 28 heavy (non-hydrogen) atoms. The van der Waals surface area contributed by atoms with E-state index in [2.05, 4.69) is 5.32 Å². The average Bonchev–Trinajstić information content (AvgIpc) is 2.57. The van der Waals surface area contributed by atoms with Crippen LogP contribution in [0.1, 0.15) is 18.1 Å². The van der Waals surface area contributed by atoms with Crippen LogP contribution in [0.5, 0.6) is 5.75 Å². The van der Waals surface area contributed by atoms with Gasteiger partial charge in [0.2, 0.25) is 5.91 Å². The van der Waals surface area contributed by atoms with Crippen molar-refractivity contribution in [3.8, 4) is 5.75 Å². The molecule has 2 aromatic rings. The van der Waals surface area contributed by atoms with E-state index in [1.54, 1.807) is 13.0 Å². The Morgan fingerprint density at radius 1 is 1.21 bits per heavy atom. The van der Waals surface area contributed by atoms with Gasteiger partial charge in [0, 0.05) is 6.54 Å². The predicted octanol–water partition coefficient (Wildman–Crippen LogP) is 1.05. The Morgan fingerprint density at radius 3 is 2.29 bits per heavy atom. The van der Waals surface area contributed by atoms with E-state index in [-0.39, 0.29) is 23.2 Å². The maximum Gasteiger partial charge on any atom is 0.261 e. The predicted molar refractivity (Wildman–Crippen MR) is 104 cm³/mol. The van der Waals surface area contributed by atoms with Gasteiger partial charge in [-0.15, -0.1) is 0 Å². The van der Waals surface area contributed by atoms with Crippen LogP contribution in [0.2, 0.25) is 0 Å². The van der Waals surface area contributed by atoms with Crippen molar-refractivity contribution >= 4 is 16.0 Å². The Balaban J connectivity index is 0.00000108. The lowest BCUT2D eigenvalue weighted by Crippen LogP contribution is -2.38. The minimum absolute atomic E-state index is 0. The van der Waals surface area contributed by atoms with Gasteiger partial charge in [-0.05, 0) is 42.3 Å². The largest absolute Gasteiger partial charge is 0.489 e. The summed E-state index contributed by atoms with van der Waals surface area (Å²) in [6.07, 6.45) is 0.715. The van der Waals surface area contributed by atoms with Gasteiger partial charge in [0.15, 0.2) is 0 Å². The SMILES string of the molecule is CS(=O)(=O)O.C[C@H](NCc1ccc(OCc2cccc(F)c2)cc1)C(N)=O.O. The fraction of sp³-hybridized carbons (Fsp3) is 0.278. The third kappa shape index (κ3) is 12.0. The number of carbonyl (C=O) groups excluding carboxylic acids is 1. The standard InChI is InChI=1S/C17H19FN2O2.CH4O3S.H2O/c1-12(17(19)21)20-10-13-5-7-16(8-6-13)22-11-14-3-2-4-15(18)9-14;1-5(2,3)4;/h2-9,12,20H,10-11H2,1H3,(H2,19,21);1H3,(H,2,3,4);1H2/t12-;;/m0../s1. The van der Waals surface area contributed by atoms with Crippen molar-refractivity contribution in [3.05, 3.63) is 65.5 Å². The first kappa shape index (κ1) is 25.5. The van der Waals surface area contributed by atoms with Gasteiger partial charge in [0.25, 0.3) is 10.1 Å². The number of carbonyl (C=O) groups is 1. The Kier molecular flexibility index (Phi) is 10.9. The molecule has 0 heterocycles. The molecule has 0 spiro atoms. The first-order valence-electron chi connectivity index (χ1n) is 7.96. The molecule has 0 aliphatic rings. The molecule has 10 heteroatoms. The number of halogens is 1. The summed E-state index contributed by atoms with van der Waals surface area (Å²) < 4.78 is 44.5. The van der Waals surface area contributed by atoms with E-state index < -0.39 is 10.1 Å². The summed E-state index contributed by atoms with van der Waals surface area (Å²) in [7, 11) is -3.67. The molecule has 8 nitrogen and oxygen atoms in total. The number of hydrogen-bond donors (Lipinski definition) is 3. The van der Waals surface area contributed by atoms with Crippen molar-refractivity contribution in [3.63, 3.8) is 0 Å². The van der Waals surface area contributed by atoms with E-state index in [1.165, 1.54) is 12.1 Å². The van der Waals surface area contributed by atoms with Crippen LogP contribution >= 0.6 is 0 Å². The molecule has 0 aromatic heterocycles. The van der Waals surface area contributed by atoms with Crippen molar-refractivity contribution in [2.24, 2.45) is 5.73 Å². The zero-order chi connectivity index (χ0) is 20.4. The molecule has 0 saturated carbocycles. The smallest absolute Gasteiger partial charge is 0.261 e. The molecular weight excluding hydrogens is 391 g/mol. The average molecular weight is 416 g/mol. The summed E-state index contributed by atoms with van der Waals surface area (Å²) in [5.74, 6) is 0.0529. The summed E-state index contributed by atoms with van der Waals surface area (Å²) in [5.41, 5.74) is 6.98. The first-order chi connectivity index (χ1) is 12.5. The van der Waals surface area contributed by atoms with E-state index in [0.717, 1.165) is 11.1 Å². The van der Waals surface area contributed by atoms with Crippen molar-refractivity contribution in [2.45, 2.75) is 26.1 Å². The number of nitrogens with one attached hydrogen (secondary N) is 1. The number of nitrogens with two attached hydrogens (primary N) is 1. The molecule has 0 bridgehead atoms. The van der Waals surface area contributed by atoms with Crippen LogP contribution in [0.3, 0.4) is 0 Å². The minimum atomic E-state index is -3.67. The van der Waals surface area contributed by atoms with E-state index in [0.29, 0.717) is 25.2 Å². The summed E-state index contributed by atoms with van der Waals surface area (Å²) in [6, 6.07) is 13.4. The summed E-state index contributed by atoms with van der Waals surface area (Å²) in [5, 5.41) is 3.02. The maximum atomic E-state index is 13.1. The molecule has 1 atom stereocenters. The van der Waals surface area contributed by atoms with E-state index >= 15 is 0 Å². The number of rotatable bonds is 7. The minimum Gasteiger partial charge on any atom is -0.489 e. The molecule has 2 rings (SSSR count). The molecule has 1 amide bonds. The van der Waals surface area contributed by atoms with Crippen LogP contribution in [0, 0.1) is 5.82 Å². The number of benzene rings is 2. The second kappa shape index (κ2) is 12.0. The Bertz CT molecular complexity index is 835. The van der Waals surface area contributed by atoms with Gasteiger partial charge >= 0.3 is 0 Å². The molecular formula is C18H25FN2O6S. The molecule has 2 aromatic carbocycles. The maximum absolute atomic E-state index is 13.1. The van der Waals surface area contributed by atoms with Crippen LogP contribution < -0.4 is 15.8 Å². The normalized spacial score (nSPS) is 11.4. The lowest BCUT2D eigenvalue weighted by atomic mass is 10.2. The second-order valence-electron chi connectivity index (χ2n) is 5.80. The molecule has 0 fully saturated rings. The van der Waals surface area contributed by atoms with Crippen LogP contribution in [-0.4, -0.2) is 36.7 Å². The molecule has 156 valence electrons. The number of primary amides is 1. The molecule has 6 N–H and O–H groups in total. The van der Waals surface area contributed by atoms with Gasteiger partial charge in [-0.1, -0.05) is 24.3 Å².